The number of ether oxygens (including phenoxy) is 2. The second kappa shape index (κ2) is 10.7. The van der Waals surface area contributed by atoms with Gasteiger partial charge in [-0.15, -0.1) is 13.2 Å². The molecule has 0 unspecified atom stereocenters. The molecule has 9 nitrogen and oxygen atoms in total. The van der Waals surface area contributed by atoms with Gasteiger partial charge < -0.3 is 19.5 Å². The number of anilines is 1. The highest BCUT2D eigenvalue weighted by molar-refractivity contribution is 6.30. The Bertz CT molecular complexity index is 1300. The number of alkyl halides is 3. The maximum atomic E-state index is 13.6. The normalized spacial score (nSPS) is 14.0. The average Bonchev–Trinajstić information content (AvgIpc) is 3.13. The van der Waals surface area contributed by atoms with Crippen LogP contribution in [0.5, 0.6) is 17.5 Å². The highest BCUT2D eigenvalue weighted by Gasteiger charge is 2.37. The smallest absolute Gasteiger partial charge is 0.425 e. The van der Waals surface area contributed by atoms with Gasteiger partial charge in [0.05, 0.1) is 13.1 Å². The summed E-state index contributed by atoms with van der Waals surface area (Å²) in [5.74, 6) is -1.44. The zero-order valence-electron chi connectivity index (χ0n) is 19.5. The summed E-state index contributed by atoms with van der Waals surface area (Å²) >= 11 is 5.99. The van der Waals surface area contributed by atoms with Crippen LogP contribution in [0.1, 0.15) is 22.5 Å². The van der Waals surface area contributed by atoms with Gasteiger partial charge in [-0.25, -0.2) is 0 Å². The zero-order valence-corrected chi connectivity index (χ0v) is 20.3. The van der Waals surface area contributed by atoms with E-state index < -0.39 is 23.9 Å². The molecule has 0 fully saturated rings. The minimum Gasteiger partial charge on any atom is -0.425 e. The van der Waals surface area contributed by atoms with Gasteiger partial charge >= 0.3 is 12.4 Å². The van der Waals surface area contributed by atoms with Crippen LogP contribution in [0.2, 0.25) is 5.02 Å². The van der Waals surface area contributed by atoms with E-state index in [0.717, 1.165) is 22.6 Å². The Hall–Kier alpha value is -3.77. The summed E-state index contributed by atoms with van der Waals surface area (Å²) in [5.41, 5.74) is 0.774. The molecule has 196 valence electrons. The molecule has 1 aliphatic heterocycles. The SMILES string of the molecule is CN1CC(=O)N(CCCO)C(=O)c2c1nc(Oc1cccc(OC(F)(F)F)c1)n2Cc1ccc(Cl)cc1. The molecule has 2 amide bonds. The van der Waals surface area contributed by atoms with E-state index in [-0.39, 0.29) is 55.9 Å². The molecule has 0 saturated carbocycles. The number of imide groups is 1. The number of rotatable bonds is 8. The van der Waals surface area contributed by atoms with Gasteiger partial charge in [-0.2, -0.15) is 4.98 Å². The summed E-state index contributed by atoms with van der Waals surface area (Å²) < 4.78 is 49.3. The predicted octanol–water partition coefficient (Wildman–Crippen LogP) is 4.08. The van der Waals surface area contributed by atoms with E-state index in [1.54, 1.807) is 31.3 Å². The van der Waals surface area contributed by atoms with Crippen LogP contribution in [-0.4, -0.2) is 64.5 Å². The van der Waals surface area contributed by atoms with E-state index in [2.05, 4.69) is 9.72 Å². The minimum atomic E-state index is -4.89. The molecular weight excluding hydrogens is 517 g/mol. The molecule has 1 aliphatic rings. The minimum absolute atomic E-state index is 0.000584. The Kier molecular flexibility index (Phi) is 7.60. The molecule has 2 aromatic carbocycles. The van der Waals surface area contributed by atoms with Gasteiger partial charge in [-0.3, -0.25) is 19.1 Å². The van der Waals surface area contributed by atoms with Gasteiger partial charge in [0.15, 0.2) is 11.5 Å². The summed E-state index contributed by atoms with van der Waals surface area (Å²) in [7, 11) is 1.58. The largest absolute Gasteiger partial charge is 0.573 e. The fourth-order valence-corrected chi connectivity index (χ4v) is 3.92. The monoisotopic (exact) mass is 538 g/mol. The van der Waals surface area contributed by atoms with Crippen LogP contribution in [0.25, 0.3) is 0 Å². The van der Waals surface area contributed by atoms with E-state index in [0.29, 0.717) is 5.02 Å². The first-order valence-corrected chi connectivity index (χ1v) is 11.5. The molecule has 0 spiro atoms. The summed E-state index contributed by atoms with van der Waals surface area (Å²) in [6, 6.07) is 11.6. The molecule has 3 aromatic rings. The topological polar surface area (TPSA) is 97.1 Å². The van der Waals surface area contributed by atoms with E-state index in [1.807, 2.05) is 0 Å². The lowest BCUT2D eigenvalue weighted by Gasteiger charge is -2.20. The maximum absolute atomic E-state index is 13.6. The third-order valence-electron chi connectivity index (χ3n) is 5.44. The van der Waals surface area contributed by atoms with Gasteiger partial charge in [0.2, 0.25) is 5.91 Å². The number of fused-ring (bicyclic) bond motifs is 1. The first kappa shape index (κ1) is 26.3. The standard InChI is InChI=1S/C24H22ClF3N4O5/c1-30-14-19(34)31(10-3-11-33)22(35)20-21(30)29-23(32(20)13-15-6-8-16(25)9-7-15)36-17-4-2-5-18(12-17)37-24(26,27)28/h2,4-9,12,33H,3,10-11,13-14H2,1H3. The highest BCUT2D eigenvalue weighted by atomic mass is 35.5. The van der Waals surface area contributed by atoms with Crippen LogP contribution >= 0.6 is 11.6 Å². The summed E-state index contributed by atoms with van der Waals surface area (Å²) in [4.78, 5) is 33.3. The van der Waals surface area contributed by atoms with Crippen molar-refractivity contribution in [3.05, 3.63) is 64.8 Å². The van der Waals surface area contributed by atoms with Crippen LogP contribution in [0.3, 0.4) is 0 Å². The molecule has 0 radical (unpaired) electrons. The fraction of sp³-hybridized carbons (Fsp3) is 0.292. The van der Waals surface area contributed by atoms with Crippen molar-refractivity contribution in [1.82, 2.24) is 14.5 Å². The van der Waals surface area contributed by atoms with Crippen molar-refractivity contribution in [3.63, 3.8) is 0 Å². The van der Waals surface area contributed by atoms with E-state index in [9.17, 15) is 27.9 Å². The van der Waals surface area contributed by atoms with Crippen molar-refractivity contribution in [2.45, 2.75) is 19.3 Å². The zero-order chi connectivity index (χ0) is 26.7. The van der Waals surface area contributed by atoms with Crippen molar-refractivity contribution in [2.24, 2.45) is 0 Å². The Labute approximate surface area is 214 Å². The Morgan fingerprint density at radius 1 is 1.11 bits per heavy atom. The molecule has 2 heterocycles. The number of imidazole rings is 1. The summed E-state index contributed by atoms with van der Waals surface area (Å²) in [6.45, 7) is -0.291. The van der Waals surface area contributed by atoms with E-state index in [4.69, 9.17) is 16.3 Å². The van der Waals surface area contributed by atoms with Gasteiger partial charge in [0.1, 0.15) is 11.5 Å². The van der Waals surface area contributed by atoms with Gasteiger partial charge in [-0.1, -0.05) is 29.8 Å². The summed E-state index contributed by atoms with van der Waals surface area (Å²) in [6.07, 6.45) is -4.69. The third-order valence-corrected chi connectivity index (χ3v) is 5.69. The molecule has 0 aliphatic carbocycles. The maximum Gasteiger partial charge on any atom is 0.573 e. The molecule has 1 aromatic heterocycles. The number of aliphatic hydroxyl groups is 1. The van der Waals surface area contributed by atoms with Crippen molar-refractivity contribution in [1.29, 1.82) is 0 Å². The number of aromatic nitrogens is 2. The number of carbonyl (C=O) groups is 2. The van der Waals surface area contributed by atoms with Crippen LogP contribution < -0.4 is 14.4 Å². The van der Waals surface area contributed by atoms with Crippen molar-refractivity contribution >= 4 is 29.2 Å². The molecule has 0 atom stereocenters. The first-order chi connectivity index (χ1) is 17.6. The van der Waals surface area contributed by atoms with Gasteiger partial charge in [0, 0.05) is 31.3 Å². The van der Waals surface area contributed by atoms with Crippen molar-refractivity contribution < 1.29 is 37.3 Å². The number of hydrogen-bond acceptors (Lipinski definition) is 7. The van der Waals surface area contributed by atoms with Gasteiger partial charge in [-0.05, 0) is 36.2 Å². The lowest BCUT2D eigenvalue weighted by Crippen LogP contribution is -2.41. The molecule has 0 saturated heterocycles. The fourth-order valence-electron chi connectivity index (χ4n) is 3.79. The van der Waals surface area contributed by atoms with E-state index in [1.165, 1.54) is 21.6 Å². The quantitative estimate of drug-likeness (QED) is 0.432. The van der Waals surface area contributed by atoms with Gasteiger partial charge in [0.25, 0.3) is 5.91 Å². The van der Waals surface area contributed by atoms with Crippen molar-refractivity contribution in [2.75, 3.05) is 31.6 Å². The Balaban J connectivity index is 1.79. The summed E-state index contributed by atoms with van der Waals surface area (Å²) in [5, 5.41) is 9.73. The van der Waals surface area contributed by atoms with Crippen LogP contribution in [0.4, 0.5) is 19.0 Å². The Morgan fingerprint density at radius 2 is 1.81 bits per heavy atom. The molecular formula is C24H22ClF3N4O5. The van der Waals surface area contributed by atoms with Crippen LogP contribution in [0.15, 0.2) is 48.5 Å². The number of halogens is 4. The lowest BCUT2D eigenvalue weighted by atomic mass is 10.2. The number of carbonyl (C=O) groups excluding carboxylic acids is 2. The highest BCUT2D eigenvalue weighted by Crippen LogP contribution is 2.34. The Morgan fingerprint density at radius 3 is 2.49 bits per heavy atom. The lowest BCUT2D eigenvalue weighted by molar-refractivity contribution is -0.274. The van der Waals surface area contributed by atoms with Crippen LogP contribution in [0, 0.1) is 0 Å². The number of amides is 2. The average molecular weight is 539 g/mol. The molecule has 37 heavy (non-hydrogen) atoms. The molecule has 4 rings (SSSR count). The van der Waals surface area contributed by atoms with Crippen LogP contribution in [-0.2, 0) is 11.3 Å². The first-order valence-electron chi connectivity index (χ1n) is 11.1. The number of benzene rings is 2. The number of likely N-dealkylation sites (N-methyl/N-ethyl adjacent to an activating group) is 1. The third kappa shape index (κ3) is 6.15. The molecule has 0 bridgehead atoms. The van der Waals surface area contributed by atoms with Crippen molar-refractivity contribution in [3.8, 4) is 17.5 Å². The molecule has 13 heteroatoms. The van der Waals surface area contributed by atoms with E-state index >= 15 is 0 Å². The second-order valence-electron chi connectivity index (χ2n) is 8.19. The second-order valence-corrected chi connectivity index (χ2v) is 8.62. The number of nitrogens with zero attached hydrogens (tertiary/aromatic N) is 4. The molecule has 1 N–H and O–H groups in total. The predicted molar refractivity (Wildman–Crippen MR) is 127 cm³/mol. The number of hydrogen-bond donors (Lipinski definition) is 1. The number of aliphatic hydroxyl groups excluding tert-OH is 1.